The Bertz CT molecular complexity index is 599. The Morgan fingerprint density at radius 3 is 2.77 bits per heavy atom. The molecule has 0 unspecified atom stereocenters. The van der Waals surface area contributed by atoms with E-state index in [1.165, 1.54) is 18.4 Å². The van der Waals surface area contributed by atoms with E-state index in [1.54, 1.807) is 12.4 Å². The number of hydrogen-bond acceptors (Lipinski definition) is 5. The highest BCUT2D eigenvalue weighted by atomic mass is 16.5. The standard InChI is InChI=1S/C17H22N4O/c1-2-3-10-22-16-11-15(20-17(21-16)14-4-5-14)19-12-13-6-8-18-9-7-13/h6-9,11,14H,2-5,10,12H2,1H3,(H,19,20,21). The van der Waals surface area contributed by atoms with Crippen LogP contribution in [0.15, 0.2) is 30.6 Å². The Morgan fingerprint density at radius 1 is 1.23 bits per heavy atom. The average molecular weight is 298 g/mol. The molecule has 0 aliphatic heterocycles. The van der Waals surface area contributed by atoms with E-state index < -0.39 is 0 Å². The van der Waals surface area contributed by atoms with Crippen LogP contribution < -0.4 is 10.1 Å². The van der Waals surface area contributed by atoms with E-state index in [4.69, 9.17) is 4.74 Å². The summed E-state index contributed by atoms with van der Waals surface area (Å²) in [5.41, 5.74) is 1.18. The van der Waals surface area contributed by atoms with Crippen molar-refractivity contribution in [1.29, 1.82) is 0 Å². The summed E-state index contributed by atoms with van der Waals surface area (Å²) in [5.74, 6) is 2.94. The van der Waals surface area contributed by atoms with Crippen molar-refractivity contribution in [3.05, 3.63) is 42.0 Å². The van der Waals surface area contributed by atoms with Gasteiger partial charge < -0.3 is 10.1 Å². The number of unbranched alkanes of at least 4 members (excludes halogenated alkanes) is 1. The molecule has 5 heteroatoms. The maximum atomic E-state index is 5.76. The lowest BCUT2D eigenvalue weighted by Crippen LogP contribution is -2.07. The van der Waals surface area contributed by atoms with Crippen LogP contribution in [-0.4, -0.2) is 21.6 Å². The minimum absolute atomic E-state index is 0.510. The number of aromatic nitrogens is 3. The van der Waals surface area contributed by atoms with Crippen LogP contribution >= 0.6 is 0 Å². The molecular weight excluding hydrogens is 276 g/mol. The smallest absolute Gasteiger partial charge is 0.218 e. The Labute approximate surface area is 131 Å². The summed E-state index contributed by atoms with van der Waals surface area (Å²) < 4.78 is 5.76. The highest BCUT2D eigenvalue weighted by Crippen LogP contribution is 2.39. The zero-order valence-corrected chi connectivity index (χ0v) is 13.0. The molecule has 1 aliphatic rings. The molecule has 2 aromatic rings. The van der Waals surface area contributed by atoms with Crippen molar-refractivity contribution in [3.63, 3.8) is 0 Å². The lowest BCUT2D eigenvalue weighted by molar-refractivity contribution is 0.296. The van der Waals surface area contributed by atoms with Gasteiger partial charge in [-0.05, 0) is 37.0 Å². The third-order valence-electron chi connectivity index (χ3n) is 3.63. The fourth-order valence-corrected chi connectivity index (χ4v) is 2.15. The number of hydrogen-bond donors (Lipinski definition) is 1. The van der Waals surface area contributed by atoms with Crippen LogP contribution in [0.1, 0.15) is 49.9 Å². The van der Waals surface area contributed by atoms with Gasteiger partial charge in [0.2, 0.25) is 5.88 Å². The van der Waals surface area contributed by atoms with Gasteiger partial charge in [0, 0.05) is 30.9 Å². The van der Waals surface area contributed by atoms with Crippen LogP contribution in [0.5, 0.6) is 5.88 Å². The Hall–Kier alpha value is -2.17. The highest BCUT2D eigenvalue weighted by Gasteiger charge is 2.27. The molecule has 1 saturated carbocycles. The summed E-state index contributed by atoms with van der Waals surface area (Å²) in [4.78, 5) is 13.2. The zero-order valence-electron chi connectivity index (χ0n) is 13.0. The van der Waals surface area contributed by atoms with Crippen molar-refractivity contribution in [1.82, 2.24) is 15.0 Å². The molecule has 0 spiro atoms. The molecule has 0 saturated heterocycles. The number of nitrogens with one attached hydrogen (secondary N) is 1. The molecule has 0 amide bonds. The molecule has 2 aromatic heterocycles. The number of ether oxygens (including phenoxy) is 1. The number of anilines is 1. The predicted octanol–water partition coefficient (Wildman–Crippen LogP) is 3.54. The van der Waals surface area contributed by atoms with Crippen LogP contribution in [0.3, 0.4) is 0 Å². The van der Waals surface area contributed by atoms with Crippen LogP contribution in [-0.2, 0) is 6.54 Å². The minimum Gasteiger partial charge on any atom is -0.478 e. The molecule has 0 aromatic carbocycles. The lowest BCUT2D eigenvalue weighted by atomic mass is 10.3. The molecule has 2 heterocycles. The molecule has 5 nitrogen and oxygen atoms in total. The van der Waals surface area contributed by atoms with E-state index in [1.807, 2.05) is 18.2 Å². The zero-order chi connectivity index (χ0) is 15.2. The second-order valence-corrected chi connectivity index (χ2v) is 5.63. The van der Waals surface area contributed by atoms with Crippen molar-refractivity contribution < 1.29 is 4.74 Å². The largest absolute Gasteiger partial charge is 0.478 e. The first-order valence-electron chi connectivity index (χ1n) is 7.99. The van der Waals surface area contributed by atoms with Crippen molar-refractivity contribution in [2.75, 3.05) is 11.9 Å². The van der Waals surface area contributed by atoms with E-state index >= 15 is 0 Å². The van der Waals surface area contributed by atoms with E-state index in [0.717, 1.165) is 31.0 Å². The summed E-state index contributed by atoms with van der Waals surface area (Å²) in [6.45, 7) is 3.58. The van der Waals surface area contributed by atoms with Crippen molar-refractivity contribution in [2.24, 2.45) is 0 Å². The molecule has 0 atom stereocenters. The predicted molar refractivity (Wildman–Crippen MR) is 86.0 cm³/mol. The molecule has 0 radical (unpaired) electrons. The van der Waals surface area contributed by atoms with Crippen LogP contribution in [0, 0.1) is 0 Å². The SMILES string of the molecule is CCCCOc1cc(NCc2ccncc2)nc(C2CC2)n1. The van der Waals surface area contributed by atoms with Gasteiger partial charge in [0.25, 0.3) is 0 Å². The molecule has 116 valence electrons. The molecule has 3 rings (SSSR count). The van der Waals surface area contributed by atoms with Gasteiger partial charge in [-0.1, -0.05) is 13.3 Å². The monoisotopic (exact) mass is 298 g/mol. The number of nitrogens with zero attached hydrogens (tertiary/aromatic N) is 3. The number of rotatable bonds is 8. The van der Waals surface area contributed by atoms with Gasteiger partial charge >= 0.3 is 0 Å². The fraction of sp³-hybridized carbons (Fsp3) is 0.471. The maximum Gasteiger partial charge on any atom is 0.218 e. The second kappa shape index (κ2) is 7.20. The maximum absolute atomic E-state index is 5.76. The summed E-state index contributed by atoms with van der Waals surface area (Å²) in [5, 5.41) is 3.36. The van der Waals surface area contributed by atoms with Gasteiger partial charge in [0.05, 0.1) is 6.61 Å². The fourth-order valence-electron chi connectivity index (χ4n) is 2.15. The van der Waals surface area contributed by atoms with Crippen LogP contribution in [0.4, 0.5) is 5.82 Å². The summed E-state index contributed by atoms with van der Waals surface area (Å²) >= 11 is 0. The second-order valence-electron chi connectivity index (χ2n) is 5.63. The van der Waals surface area contributed by atoms with Gasteiger partial charge in [-0.25, -0.2) is 4.98 Å². The lowest BCUT2D eigenvalue weighted by Gasteiger charge is -2.10. The van der Waals surface area contributed by atoms with Crippen molar-refractivity contribution in [3.8, 4) is 5.88 Å². The normalized spacial score (nSPS) is 13.9. The van der Waals surface area contributed by atoms with Gasteiger partial charge in [0.15, 0.2) is 0 Å². The topological polar surface area (TPSA) is 59.9 Å². The van der Waals surface area contributed by atoms with E-state index in [2.05, 4.69) is 27.2 Å². The van der Waals surface area contributed by atoms with E-state index in [0.29, 0.717) is 18.4 Å². The van der Waals surface area contributed by atoms with Gasteiger partial charge in [-0.3, -0.25) is 4.98 Å². The summed E-state index contributed by atoms with van der Waals surface area (Å²) in [6.07, 6.45) is 8.12. The first kappa shape index (κ1) is 14.8. The van der Waals surface area contributed by atoms with Crippen molar-refractivity contribution >= 4 is 5.82 Å². The molecule has 22 heavy (non-hydrogen) atoms. The molecular formula is C17H22N4O. The minimum atomic E-state index is 0.510. The average Bonchev–Trinajstić information content (AvgIpc) is 3.39. The Morgan fingerprint density at radius 2 is 2.05 bits per heavy atom. The van der Waals surface area contributed by atoms with Gasteiger partial charge in [-0.2, -0.15) is 4.98 Å². The molecule has 0 bridgehead atoms. The molecule has 1 N–H and O–H groups in total. The van der Waals surface area contributed by atoms with E-state index in [9.17, 15) is 0 Å². The van der Waals surface area contributed by atoms with E-state index in [-0.39, 0.29) is 0 Å². The highest BCUT2D eigenvalue weighted by molar-refractivity contribution is 5.40. The molecule has 1 fully saturated rings. The third kappa shape index (κ3) is 4.16. The van der Waals surface area contributed by atoms with Crippen molar-refractivity contribution in [2.45, 2.75) is 45.1 Å². The van der Waals surface area contributed by atoms with Gasteiger partial charge in [0.1, 0.15) is 11.6 Å². The quantitative estimate of drug-likeness (QED) is 0.755. The first-order valence-corrected chi connectivity index (χ1v) is 7.99. The Kier molecular flexibility index (Phi) is 4.83. The van der Waals surface area contributed by atoms with Gasteiger partial charge in [-0.15, -0.1) is 0 Å². The summed E-state index contributed by atoms with van der Waals surface area (Å²) in [6, 6.07) is 5.88. The first-order chi connectivity index (χ1) is 10.8. The number of pyridine rings is 1. The van der Waals surface area contributed by atoms with Crippen LogP contribution in [0.25, 0.3) is 0 Å². The third-order valence-corrected chi connectivity index (χ3v) is 3.63. The summed E-state index contributed by atoms with van der Waals surface area (Å²) in [7, 11) is 0. The van der Waals surface area contributed by atoms with Crippen LogP contribution in [0.2, 0.25) is 0 Å². The molecule has 1 aliphatic carbocycles. The Balaban J connectivity index is 1.68.